The number of nitrogens with zero attached hydrogens (tertiary/aromatic N) is 4. The first kappa shape index (κ1) is 23.8. The fraction of sp³-hybridized carbons (Fsp3) is 0.250. The van der Waals surface area contributed by atoms with Gasteiger partial charge in [-0.05, 0) is 48.6 Å². The molecule has 1 fully saturated rings. The summed E-state index contributed by atoms with van der Waals surface area (Å²) in [5.41, 5.74) is 1.67. The number of anilines is 3. The molecule has 4 aromatic rings. The van der Waals surface area contributed by atoms with E-state index in [1.165, 1.54) is 19.3 Å². The number of fused-ring (bicyclic) bond motifs is 3. The van der Waals surface area contributed by atoms with Crippen molar-refractivity contribution >= 4 is 62.4 Å². The molecule has 1 saturated heterocycles. The molecule has 0 spiro atoms. The van der Waals surface area contributed by atoms with Crippen LogP contribution >= 0.6 is 12.2 Å². The smallest absolute Gasteiger partial charge is 0.352 e. The average molecular weight is 514 g/mol. The third-order valence-electron chi connectivity index (χ3n) is 6.02. The second-order valence-corrected chi connectivity index (χ2v) is 8.85. The summed E-state index contributed by atoms with van der Waals surface area (Å²) in [6.07, 6.45) is -3.00. The van der Waals surface area contributed by atoms with Gasteiger partial charge >= 0.3 is 6.18 Å². The topological polar surface area (TPSA) is 89.2 Å². The average Bonchev–Trinajstić information content (AvgIpc) is 3.22. The molecule has 186 valence electrons. The van der Waals surface area contributed by atoms with Gasteiger partial charge in [-0.2, -0.15) is 13.2 Å². The number of carbonyl (C=O) groups excluding carboxylic acids is 1. The van der Waals surface area contributed by atoms with Crippen LogP contribution in [0.25, 0.3) is 21.9 Å². The van der Waals surface area contributed by atoms with Crippen LogP contribution in [0.2, 0.25) is 0 Å². The van der Waals surface area contributed by atoms with Crippen molar-refractivity contribution in [1.82, 2.24) is 19.9 Å². The van der Waals surface area contributed by atoms with E-state index in [9.17, 15) is 18.0 Å². The summed E-state index contributed by atoms with van der Waals surface area (Å²) >= 11 is 5.59. The summed E-state index contributed by atoms with van der Waals surface area (Å²) < 4.78 is 39.5. The zero-order chi connectivity index (χ0) is 25.4. The Morgan fingerprint density at radius 3 is 2.31 bits per heavy atom. The Morgan fingerprint density at radius 2 is 1.67 bits per heavy atom. The van der Waals surface area contributed by atoms with Gasteiger partial charge < -0.3 is 25.4 Å². The zero-order valence-electron chi connectivity index (χ0n) is 19.2. The molecular formula is C24H22F3N7OS. The number of nitrogens with one attached hydrogen (secondary N) is 3. The van der Waals surface area contributed by atoms with E-state index >= 15 is 0 Å². The van der Waals surface area contributed by atoms with Crippen LogP contribution in [-0.4, -0.2) is 57.1 Å². The number of thiocarbonyl (C=S) groups is 1. The Morgan fingerprint density at radius 1 is 1.00 bits per heavy atom. The number of piperazine rings is 1. The number of aromatic amines is 1. The molecular weight excluding hydrogens is 491 g/mol. The van der Waals surface area contributed by atoms with E-state index in [-0.39, 0.29) is 5.91 Å². The molecule has 1 aliphatic rings. The summed E-state index contributed by atoms with van der Waals surface area (Å²) in [7, 11) is 0. The van der Waals surface area contributed by atoms with E-state index in [1.807, 2.05) is 12.1 Å². The normalized spacial score (nSPS) is 14.3. The number of hydrogen-bond acceptors (Lipinski definition) is 5. The number of hydrogen-bond donors (Lipinski definition) is 3. The number of alkyl halides is 3. The lowest BCUT2D eigenvalue weighted by Crippen LogP contribution is -2.50. The highest BCUT2D eigenvalue weighted by atomic mass is 32.1. The van der Waals surface area contributed by atoms with Gasteiger partial charge in [-0.15, -0.1) is 0 Å². The van der Waals surface area contributed by atoms with Crippen LogP contribution in [0.4, 0.5) is 30.4 Å². The number of carbonyl (C=O) groups is 1. The van der Waals surface area contributed by atoms with Crippen LogP contribution in [0, 0.1) is 0 Å². The van der Waals surface area contributed by atoms with Gasteiger partial charge in [0, 0.05) is 55.4 Å². The summed E-state index contributed by atoms with van der Waals surface area (Å²) in [6.45, 7) is 3.99. The molecule has 2 aromatic carbocycles. The first-order valence-electron chi connectivity index (χ1n) is 11.2. The van der Waals surface area contributed by atoms with Crippen molar-refractivity contribution < 1.29 is 18.0 Å². The van der Waals surface area contributed by atoms with Gasteiger partial charge in [0.1, 0.15) is 17.8 Å². The number of aromatic nitrogens is 3. The first-order valence-corrected chi connectivity index (χ1v) is 11.6. The van der Waals surface area contributed by atoms with Gasteiger partial charge in [-0.1, -0.05) is 6.07 Å². The molecule has 36 heavy (non-hydrogen) atoms. The van der Waals surface area contributed by atoms with Gasteiger partial charge in [0.05, 0.1) is 10.9 Å². The lowest BCUT2D eigenvalue weighted by atomic mass is 10.1. The van der Waals surface area contributed by atoms with Crippen LogP contribution in [0.1, 0.15) is 12.5 Å². The molecule has 1 amide bonds. The SMILES string of the molecule is CC(=O)Nc1ccc(NC(=S)N2CCN(c3ncnc4[nH]c5cc(C(F)(F)F)ccc5c34)CC2)cc1. The van der Waals surface area contributed by atoms with E-state index in [1.54, 1.807) is 12.1 Å². The molecule has 8 nitrogen and oxygen atoms in total. The molecule has 3 heterocycles. The third kappa shape index (κ3) is 4.76. The number of H-pyrrole nitrogens is 1. The van der Waals surface area contributed by atoms with Gasteiger partial charge in [0.25, 0.3) is 0 Å². The Kier molecular flexibility index (Phi) is 6.12. The van der Waals surface area contributed by atoms with Crippen molar-refractivity contribution in [2.75, 3.05) is 41.7 Å². The maximum absolute atomic E-state index is 13.2. The highest BCUT2D eigenvalue weighted by molar-refractivity contribution is 7.80. The summed E-state index contributed by atoms with van der Waals surface area (Å²) in [5.74, 6) is 0.543. The summed E-state index contributed by atoms with van der Waals surface area (Å²) in [6, 6.07) is 10.9. The van der Waals surface area contributed by atoms with Crippen molar-refractivity contribution in [3.05, 3.63) is 54.4 Å². The third-order valence-corrected chi connectivity index (χ3v) is 6.38. The molecule has 0 aliphatic carbocycles. The van der Waals surface area contributed by atoms with Crippen molar-refractivity contribution in [1.29, 1.82) is 0 Å². The van der Waals surface area contributed by atoms with Crippen molar-refractivity contribution in [2.24, 2.45) is 0 Å². The van der Waals surface area contributed by atoms with E-state index in [2.05, 4.69) is 35.4 Å². The maximum atomic E-state index is 13.2. The van der Waals surface area contributed by atoms with Crippen molar-refractivity contribution in [3.8, 4) is 0 Å². The Hall–Kier alpha value is -3.93. The quantitative estimate of drug-likeness (QED) is 0.345. The largest absolute Gasteiger partial charge is 0.416 e. The monoisotopic (exact) mass is 513 g/mol. The first-order chi connectivity index (χ1) is 17.2. The zero-order valence-corrected chi connectivity index (χ0v) is 20.0. The van der Waals surface area contributed by atoms with E-state index in [0.717, 1.165) is 17.8 Å². The van der Waals surface area contributed by atoms with Crippen LogP contribution in [0.15, 0.2) is 48.8 Å². The lowest BCUT2D eigenvalue weighted by Gasteiger charge is -2.37. The van der Waals surface area contributed by atoms with Crippen LogP contribution in [0.3, 0.4) is 0 Å². The summed E-state index contributed by atoms with van der Waals surface area (Å²) in [4.78, 5) is 27.0. The fourth-order valence-electron chi connectivity index (χ4n) is 4.29. The van der Waals surface area contributed by atoms with E-state index in [0.29, 0.717) is 64.7 Å². The summed E-state index contributed by atoms with van der Waals surface area (Å²) in [5, 5.41) is 7.88. The standard InChI is InChI=1S/C24H22F3N7OS/c1-14(35)30-16-3-5-17(6-4-16)31-23(36)34-10-8-33(9-11-34)22-20-18-7-2-15(24(25,26)27)12-19(18)32-21(20)28-13-29-22/h2-7,12-13H,8-11H2,1H3,(H,30,35)(H,31,36)(H,28,29,32). The molecule has 0 bridgehead atoms. The molecule has 12 heteroatoms. The van der Waals surface area contributed by atoms with Crippen LogP contribution in [0.5, 0.6) is 0 Å². The van der Waals surface area contributed by atoms with Crippen LogP contribution in [-0.2, 0) is 11.0 Å². The predicted octanol–water partition coefficient (Wildman–Crippen LogP) is 4.61. The van der Waals surface area contributed by atoms with Crippen LogP contribution < -0.4 is 15.5 Å². The van der Waals surface area contributed by atoms with Crippen molar-refractivity contribution in [3.63, 3.8) is 0 Å². The Balaban J connectivity index is 1.29. The fourth-order valence-corrected chi connectivity index (χ4v) is 4.59. The van der Waals surface area contributed by atoms with Gasteiger partial charge in [0.2, 0.25) is 5.91 Å². The number of halogens is 3. The molecule has 3 N–H and O–H groups in total. The van der Waals surface area contributed by atoms with E-state index < -0.39 is 11.7 Å². The molecule has 0 radical (unpaired) electrons. The minimum absolute atomic E-state index is 0.135. The number of rotatable bonds is 3. The minimum Gasteiger partial charge on any atom is -0.352 e. The molecule has 0 atom stereocenters. The van der Waals surface area contributed by atoms with Crippen molar-refractivity contribution in [2.45, 2.75) is 13.1 Å². The minimum atomic E-state index is -4.42. The predicted molar refractivity (Wildman–Crippen MR) is 137 cm³/mol. The van der Waals surface area contributed by atoms with Gasteiger partial charge in [-0.25, -0.2) is 9.97 Å². The molecule has 2 aromatic heterocycles. The lowest BCUT2D eigenvalue weighted by molar-refractivity contribution is -0.137. The molecule has 0 unspecified atom stereocenters. The number of benzene rings is 2. The highest BCUT2D eigenvalue weighted by Gasteiger charge is 2.31. The second-order valence-electron chi connectivity index (χ2n) is 8.47. The van der Waals surface area contributed by atoms with E-state index in [4.69, 9.17) is 12.2 Å². The van der Waals surface area contributed by atoms with Gasteiger partial charge in [0.15, 0.2) is 5.11 Å². The maximum Gasteiger partial charge on any atom is 0.416 e. The molecule has 1 aliphatic heterocycles. The Bertz CT molecular complexity index is 1440. The molecule has 0 saturated carbocycles. The second kappa shape index (κ2) is 9.26. The van der Waals surface area contributed by atoms with Gasteiger partial charge in [-0.3, -0.25) is 4.79 Å². The molecule has 5 rings (SSSR count). The highest BCUT2D eigenvalue weighted by Crippen LogP contribution is 2.36. The Labute approximate surface area is 209 Å². The number of amides is 1.